The van der Waals surface area contributed by atoms with Crippen LogP contribution in [0.15, 0.2) is 16.5 Å². The molecule has 2 atom stereocenters. The molecular weight excluding hydrogens is 372 g/mol. The molecule has 152 valence electrons. The van der Waals surface area contributed by atoms with Gasteiger partial charge in [0.05, 0.1) is 12.5 Å². The van der Waals surface area contributed by atoms with Gasteiger partial charge >= 0.3 is 0 Å². The number of fused-ring (bicyclic) bond motifs is 1. The third-order valence-corrected chi connectivity index (χ3v) is 5.05. The van der Waals surface area contributed by atoms with Crippen LogP contribution in [0.25, 0.3) is 11.1 Å². The van der Waals surface area contributed by atoms with Crippen molar-refractivity contribution in [2.45, 2.75) is 45.1 Å². The van der Waals surface area contributed by atoms with Crippen LogP contribution in [0.1, 0.15) is 51.0 Å². The van der Waals surface area contributed by atoms with Gasteiger partial charge in [-0.15, -0.1) is 0 Å². The predicted octanol–water partition coefficient (Wildman–Crippen LogP) is 3.42. The minimum atomic E-state index is -1.02. The molecule has 1 N–H and O–H groups in total. The van der Waals surface area contributed by atoms with E-state index in [1.807, 2.05) is 6.92 Å². The summed E-state index contributed by atoms with van der Waals surface area (Å²) in [6, 6.07) is 1.47. The molecule has 0 radical (unpaired) electrons. The molecule has 0 spiro atoms. The van der Waals surface area contributed by atoms with Crippen LogP contribution in [0.3, 0.4) is 0 Å². The third-order valence-electron chi connectivity index (χ3n) is 5.05. The fraction of sp³-hybridized carbons (Fsp3) is 0.526. The number of rotatable bonds is 8. The largest absolute Gasteiger partial charge is 0.438 e. The summed E-state index contributed by atoms with van der Waals surface area (Å²) in [4.78, 5) is 29.7. The number of carbonyl (C=O) groups excluding carboxylic acids is 2. The summed E-state index contributed by atoms with van der Waals surface area (Å²) < 4.78 is 32.5. The van der Waals surface area contributed by atoms with E-state index < -0.39 is 23.6 Å². The van der Waals surface area contributed by atoms with Crippen LogP contribution in [0.2, 0.25) is 0 Å². The predicted molar refractivity (Wildman–Crippen MR) is 95.2 cm³/mol. The van der Waals surface area contributed by atoms with Gasteiger partial charge in [0.15, 0.2) is 17.2 Å². The van der Waals surface area contributed by atoms with Gasteiger partial charge in [-0.2, -0.15) is 0 Å². The Labute approximate surface area is 160 Å². The molecule has 0 bridgehead atoms. The zero-order chi connectivity index (χ0) is 20.3. The van der Waals surface area contributed by atoms with Gasteiger partial charge in [0, 0.05) is 18.7 Å². The summed E-state index contributed by atoms with van der Waals surface area (Å²) in [5.41, 5.74) is 0.316. The molecule has 0 aliphatic carbocycles. The molecule has 1 aromatic heterocycles. The summed E-state index contributed by atoms with van der Waals surface area (Å²) in [5.74, 6) is -2.54. The molecule has 1 aliphatic heterocycles. The number of oxazole rings is 1. The lowest BCUT2D eigenvalue weighted by Gasteiger charge is -2.28. The van der Waals surface area contributed by atoms with Gasteiger partial charge in [0.1, 0.15) is 11.6 Å². The topological polar surface area (TPSA) is 86.9 Å². The molecule has 7 nitrogen and oxygen atoms in total. The summed E-state index contributed by atoms with van der Waals surface area (Å²) in [5, 5.41) is 10.0. The number of hydrogen-bond acceptors (Lipinski definition) is 5. The van der Waals surface area contributed by atoms with E-state index in [1.54, 1.807) is 4.90 Å². The maximum absolute atomic E-state index is 13.4. The number of halogens is 2. The van der Waals surface area contributed by atoms with Crippen molar-refractivity contribution in [1.29, 1.82) is 0 Å². The van der Waals surface area contributed by atoms with E-state index in [0.717, 1.165) is 31.4 Å². The van der Waals surface area contributed by atoms with Crippen LogP contribution < -0.4 is 0 Å². The van der Waals surface area contributed by atoms with Gasteiger partial charge in [-0.25, -0.2) is 18.8 Å². The molecule has 0 saturated carbocycles. The van der Waals surface area contributed by atoms with E-state index in [-0.39, 0.29) is 35.9 Å². The van der Waals surface area contributed by atoms with Crippen molar-refractivity contribution in [1.82, 2.24) is 14.9 Å². The zero-order valence-electron chi connectivity index (χ0n) is 15.6. The molecule has 3 rings (SSSR count). The smallest absolute Gasteiger partial charge is 0.233 e. The van der Waals surface area contributed by atoms with E-state index in [1.165, 1.54) is 0 Å². The van der Waals surface area contributed by atoms with Crippen LogP contribution in [-0.4, -0.2) is 45.6 Å². The number of amides is 2. The SMILES string of the molecule is CCCC[C@@H](CN(O)C=O)C(=O)N1CCC[C@H]1c1nc2cc(F)c(F)cc2o1. The van der Waals surface area contributed by atoms with Crippen LogP contribution in [-0.2, 0) is 9.59 Å². The van der Waals surface area contributed by atoms with Gasteiger partial charge in [-0.3, -0.25) is 14.8 Å². The first kappa shape index (κ1) is 20.2. The Bertz CT molecular complexity index is 818. The Balaban J connectivity index is 1.84. The molecule has 1 saturated heterocycles. The number of unbranched alkanes of at least 4 members (excludes halogenated alkanes) is 1. The molecule has 28 heavy (non-hydrogen) atoms. The monoisotopic (exact) mass is 395 g/mol. The molecule has 1 aliphatic rings. The van der Waals surface area contributed by atoms with Crippen molar-refractivity contribution in [3.63, 3.8) is 0 Å². The van der Waals surface area contributed by atoms with Crippen molar-refractivity contribution < 1.29 is 28.0 Å². The van der Waals surface area contributed by atoms with Crippen molar-refractivity contribution in [2.75, 3.05) is 13.1 Å². The molecule has 1 aromatic carbocycles. The maximum Gasteiger partial charge on any atom is 0.233 e. The number of aromatic nitrogens is 1. The lowest BCUT2D eigenvalue weighted by atomic mass is 9.99. The lowest BCUT2D eigenvalue weighted by Crippen LogP contribution is -2.40. The van der Waals surface area contributed by atoms with E-state index in [9.17, 15) is 23.6 Å². The Morgan fingerprint density at radius 3 is 2.93 bits per heavy atom. The lowest BCUT2D eigenvalue weighted by molar-refractivity contribution is -0.157. The Hall–Kier alpha value is -2.55. The number of likely N-dealkylation sites (tertiary alicyclic amines) is 1. The quantitative estimate of drug-likeness (QED) is 0.420. The van der Waals surface area contributed by atoms with Gasteiger partial charge < -0.3 is 9.32 Å². The van der Waals surface area contributed by atoms with Crippen molar-refractivity contribution in [3.05, 3.63) is 29.7 Å². The number of hydrogen-bond donors (Lipinski definition) is 1. The van der Waals surface area contributed by atoms with Gasteiger partial charge in [-0.05, 0) is 19.3 Å². The minimum absolute atomic E-state index is 0.0878. The zero-order valence-corrected chi connectivity index (χ0v) is 15.6. The highest BCUT2D eigenvalue weighted by Crippen LogP contribution is 2.35. The molecule has 0 unspecified atom stereocenters. The fourth-order valence-electron chi connectivity index (χ4n) is 3.62. The second-order valence-corrected chi connectivity index (χ2v) is 7.04. The second kappa shape index (κ2) is 8.64. The number of carbonyl (C=O) groups is 2. The van der Waals surface area contributed by atoms with Gasteiger partial charge in [0.2, 0.25) is 18.2 Å². The second-order valence-electron chi connectivity index (χ2n) is 7.04. The van der Waals surface area contributed by atoms with Crippen LogP contribution >= 0.6 is 0 Å². The van der Waals surface area contributed by atoms with E-state index in [4.69, 9.17) is 4.42 Å². The molecule has 2 amide bonds. The Kier molecular flexibility index (Phi) is 6.23. The molecule has 9 heteroatoms. The maximum atomic E-state index is 13.4. The van der Waals surface area contributed by atoms with E-state index in [0.29, 0.717) is 24.4 Å². The van der Waals surface area contributed by atoms with Crippen LogP contribution in [0.4, 0.5) is 8.78 Å². The van der Waals surface area contributed by atoms with Gasteiger partial charge in [-0.1, -0.05) is 19.8 Å². The summed E-state index contributed by atoms with van der Waals surface area (Å²) in [6.45, 7) is 2.39. The molecule has 2 aromatic rings. The average molecular weight is 395 g/mol. The highest BCUT2D eigenvalue weighted by Gasteiger charge is 2.37. The highest BCUT2D eigenvalue weighted by atomic mass is 19.2. The first-order chi connectivity index (χ1) is 13.4. The molecular formula is C19H23F2N3O4. The Morgan fingerprint density at radius 1 is 1.46 bits per heavy atom. The average Bonchev–Trinajstić information content (AvgIpc) is 3.31. The number of hydroxylamine groups is 2. The third kappa shape index (κ3) is 4.14. The van der Waals surface area contributed by atoms with Crippen molar-refractivity contribution in [2.24, 2.45) is 5.92 Å². The first-order valence-corrected chi connectivity index (χ1v) is 9.41. The van der Waals surface area contributed by atoms with Crippen molar-refractivity contribution >= 4 is 23.4 Å². The number of nitrogens with zero attached hydrogens (tertiary/aromatic N) is 3. The highest BCUT2D eigenvalue weighted by molar-refractivity contribution is 5.80. The molecule has 1 fully saturated rings. The first-order valence-electron chi connectivity index (χ1n) is 9.41. The standard InChI is InChI=1S/C19H23F2N3O4/c1-2-3-5-12(10-23(27)11-25)19(26)24-7-4-6-16(24)18-22-15-8-13(20)14(21)9-17(15)28-18/h8-9,11-12,16,27H,2-7,10H2,1H3/t12-,16-/m0/s1. The normalized spacial score (nSPS) is 17.9. The number of benzene rings is 1. The van der Waals surface area contributed by atoms with E-state index in [2.05, 4.69) is 4.98 Å². The van der Waals surface area contributed by atoms with Gasteiger partial charge in [0.25, 0.3) is 0 Å². The summed E-state index contributed by atoms with van der Waals surface area (Å²) >= 11 is 0. The minimum Gasteiger partial charge on any atom is -0.438 e. The van der Waals surface area contributed by atoms with Crippen LogP contribution in [0, 0.1) is 17.6 Å². The fourth-order valence-corrected chi connectivity index (χ4v) is 3.62. The summed E-state index contributed by atoms with van der Waals surface area (Å²) in [6.07, 6.45) is 3.81. The van der Waals surface area contributed by atoms with Crippen LogP contribution in [0.5, 0.6) is 0 Å². The molecule has 2 heterocycles. The Morgan fingerprint density at radius 2 is 2.21 bits per heavy atom. The summed E-state index contributed by atoms with van der Waals surface area (Å²) in [7, 11) is 0. The van der Waals surface area contributed by atoms with E-state index >= 15 is 0 Å². The van der Waals surface area contributed by atoms with Crippen molar-refractivity contribution in [3.8, 4) is 0 Å².